The minimum Gasteiger partial charge on any atom is -0.434 e. The first-order chi connectivity index (χ1) is 19.5. The van der Waals surface area contributed by atoms with Crippen LogP contribution in [0.4, 0.5) is 13.2 Å². The average molecular weight is 567 g/mol. The van der Waals surface area contributed by atoms with Crippen LogP contribution in [0.25, 0.3) is 33.5 Å². The van der Waals surface area contributed by atoms with Crippen molar-refractivity contribution in [2.45, 2.75) is 52.7 Å². The molecule has 1 aliphatic heterocycles. The summed E-state index contributed by atoms with van der Waals surface area (Å²) in [6, 6.07) is 4.72. The Balaban J connectivity index is 1.53. The summed E-state index contributed by atoms with van der Waals surface area (Å²) in [6.07, 6.45) is 3.00. The molecule has 41 heavy (non-hydrogen) atoms. The van der Waals surface area contributed by atoms with Gasteiger partial charge in [-0.1, -0.05) is 0 Å². The van der Waals surface area contributed by atoms with Gasteiger partial charge in [-0.05, 0) is 60.9 Å². The van der Waals surface area contributed by atoms with Crippen molar-refractivity contribution in [1.29, 1.82) is 0 Å². The second kappa shape index (κ2) is 9.89. The number of ether oxygens (including phenoxy) is 2. The molecule has 6 rings (SSSR count). The summed E-state index contributed by atoms with van der Waals surface area (Å²) < 4.78 is 55.3. The van der Waals surface area contributed by atoms with E-state index in [4.69, 9.17) is 9.47 Å². The van der Waals surface area contributed by atoms with Gasteiger partial charge < -0.3 is 19.1 Å². The normalized spacial score (nSPS) is 13.7. The van der Waals surface area contributed by atoms with E-state index in [0.29, 0.717) is 50.5 Å². The summed E-state index contributed by atoms with van der Waals surface area (Å²) in [5, 5.41) is 22.5. The molecule has 11 nitrogen and oxygen atoms in total. The zero-order valence-corrected chi connectivity index (χ0v) is 22.6. The smallest absolute Gasteiger partial charge is 0.387 e. The predicted molar refractivity (Wildman–Crippen MR) is 139 cm³/mol. The number of imidazole rings is 1. The third-order valence-electron chi connectivity index (χ3n) is 6.85. The monoisotopic (exact) mass is 566 g/mol. The zero-order valence-electron chi connectivity index (χ0n) is 22.6. The maximum atomic E-state index is 15.4. The van der Waals surface area contributed by atoms with Crippen molar-refractivity contribution in [2.24, 2.45) is 7.05 Å². The first kappa shape index (κ1) is 26.8. The largest absolute Gasteiger partial charge is 0.434 e. The van der Waals surface area contributed by atoms with Crippen molar-refractivity contribution in [3.63, 3.8) is 0 Å². The van der Waals surface area contributed by atoms with Crippen molar-refractivity contribution >= 4 is 11.0 Å². The Hall–Kier alpha value is -4.43. The van der Waals surface area contributed by atoms with Crippen LogP contribution in [0.2, 0.25) is 0 Å². The number of benzene rings is 2. The molecule has 14 heteroatoms. The van der Waals surface area contributed by atoms with Crippen LogP contribution in [0.3, 0.4) is 0 Å². The molecule has 5 aromatic rings. The van der Waals surface area contributed by atoms with E-state index < -0.39 is 18.0 Å². The second-order valence-electron chi connectivity index (χ2n) is 10.3. The highest BCUT2D eigenvalue weighted by Gasteiger charge is 2.27. The quantitative estimate of drug-likeness (QED) is 0.335. The van der Waals surface area contributed by atoms with Crippen molar-refractivity contribution in [2.75, 3.05) is 0 Å². The number of aryl methyl sites for hydroxylation is 2. The first-order valence-corrected chi connectivity index (χ1v) is 12.7. The van der Waals surface area contributed by atoms with Crippen LogP contribution in [0.5, 0.6) is 5.75 Å². The Morgan fingerprint density at radius 1 is 1.07 bits per heavy atom. The SMILES string of the molecule is Cc1cc(-c2nnn(C)n2)c2c(c1OC(F)F)Cn1c(nc3c(F)cc(-c4cnc(C(C)(C)O)nc4)cc31)COC2. The predicted octanol–water partition coefficient (Wildman–Crippen LogP) is 4.04. The van der Waals surface area contributed by atoms with E-state index in [1.807, 2.05) is 0 Å². The van der Waals surface area contributed by atoms with E-state index in [0.717, 1.165) is 0 Å². The molecule has 0 atom stereocenters. The highest BCUT2D eigenvalue weighted by molar-refractivity contribution is 5.83. The lowest BCUT2D eigenvalue weighted by Crippen LogP contribution is -2.19. The third kappa shape index (κ3) is 4.89. The molecule has 0 unspecified atom stereocenters. The Bertz CT molecular complexity index is 1780. The number of fused-ring (bicyclic) bond motifs is 4. The Morgan fingerprint density at radius 3 is 2.49 bits per heavy atom. The average Bonchev–Trinajstić information content (AvgIpc) is 3.48. The van der Waals surface area contributed by atoms with Crippen molar-refractivity contribution < 1.29 is 27.8 Å². The van der Waals surface area contributed by atoms with Gasteiger partial charge in [-0.15, -0.1) is 10.2 Å². The van der Waals surface area contributed by atoms with Crippen LogP contribution in [-0.4, -0.2) is 51.4 Å². The lowest BCUT2D eigenvalue weighted by molar-refractivity contribution is -0.0511. The highest BCUT2D eigenvalue weighted by atomic mass is 19.3. The fraction of sp³-hybridized carbons (Fsp3) is 0.333. The van der Waals surface area contributed by atoms with E-state index in [-0.39, 0.29) is 36.8 Å². The number of aromatic nitrogens is 8. The molecule has 0 saturated heterocycles. The summed E-state index contributed by atoms with van der Waals surface area (Å²) in [7, 11) is 1.62. The van der Waals surface area contributed by atoms with Crippen LogP contribution in [-0.2, 0) is 37.1 Å². The fourth-order valence-electron chi connectivity index (χ4n) is 4.96. The van der Waals surface area contributed by atoms with Crippen LogP contribution < -0.4 is 4.74 Å². The van der Waals surface area contributed by atoms with Crippen LogP contribution in [0.15, 0.2) is 30.6 Å². The molecule has 0 radical (unpaired) electrons. The number of halogens is 3. The summed E-state index contributed by atoms with van der Waals surface area (Å²) in [4.78, 5) is 14.2. The lowest BCUT2D eigenvalue weighted by atomic mass is 9.95. The molecule has 0 bridgehead atoms. The van der Waals surface area contributed by atoms with E-state index in [1.54, 1.807) is 44.5 Å². The molecular formula is C27H25F3N8O3. The van der Waals surface area contributed by atoms with Gasteiger partial charge in [0, 0.05) is 29.1 Å². The molecule has 1 N–H and O–H groups in total. The zero-order chi connectivity index (χ0) is 29.1. The summed E-state index contributed by atoms with van der Waals surface area (Å²) >= 11 is 0. The van der Waals surface area contributed by atoms with Crippen molar-refractivity contribution in [1.82, 2.24) is 39.7 Å². The third-order valence-corrected chi connectivity index (χ3v) is 6.85. The Labute approximate surface area is 231 Å². The van der Waals surface area contributed by atoms with Crippen molar-refractivity contribution in [3.05, 3.63) is 64.7 Å². The number of hydrogen-bond acceptors (Lipinski definition) is 9. The van der Waals surface area contributed by atoms with E-state index in [2.05, 4.69) is 30.4 Å². The molecule has 3 aromatic heterocycles. The summed E-state index contributed by atoms with van der Waals surface area (Å²) in [6.45, 7) is 1.83. The topological polar surface area (TPSA) is 126 Å². The van der Waals surface area contributed by atoms with Gasteiger partial charge in [0.05, 0.1) is 25.7 Å². The molecule has 2 aromatic carbocycles. The van der Waals surface area contributed by atoms with E-state index in [9.17, 15) is 13.9 Å². The molecule has 212 valence electrons. The van der Waals surface area contributed by atoms with Gasteiger partial charge in [0.1, 0.15) is 29.3 Å². The van der Waals surface area contributed by atoms with Gasteiger partial charge in [-0.25, -0.2) is 19.3 Å². The molecule has 0 fully saturated rings. The van der Waals surface area contributed by atoms with E-state index >= 15 is 4.39 Å². The van der Waals surface area contributed by atoms with Gasteiger partial charge in [0.25, 0.3) is 0 Å². The summed E-state index contributed by atoms with van der Waals surface area (Å²) in [5.41, 5.74) is 2.25. The van der Waals surface area contributed by atoms with Gasteiger partial charge >= 0.3 is 6.61 Å². The van der Waals surface area contributed by atoms with Crippen molar-refractivity contribution in [3.8, 4) is 28.3 Å². The number of hydrogen-bond donors (Lipinski definition) is 1. The first-order valence-electron chi connectivity index (χ1n) is 12.7. The van der Waals surface area contributed by atoms with Crippen LogP contribution in [0.1, 0.15) is 42.2 Å². The minimum atomic E-state index is -3.07. The Kier molecular flexibility index (Phi) is 6.46. The standard InChI is InChI=1S/C27H25F3N8O3/c1-13-5-16(24-34-36-37(4)35-24)18-11-40-12-21-33-22-19(28)6-14(15-8-31-25(32-9-15)27(2,3)39)7-20(22)38(21)10-17(18)23(13)41-26(29)30/h5-9,26,39H,10-12H2,1-4H3. The molecular weight excluding hydrogens is 541 g/mol. The number of rotatable bonds is 5. The van der Waals surface area contributed by atoms with Crippen LogP contribution >= 0.6 is 0 Å². The fourth-order valence-corrected chi connectivity index (χ4v) is 4.96. The second-order valence-corrected chi connectivity index (χ2v) is 10.3. The molecule has 0 saturated carbocycles. The number of nitrogens with zero attached hydrogens (tertiary/aromatic N) is 8. The van der Waals surface area contributed by atoms with Crippen LogP contribution in [0, 0.1) is 12.7 Å². The Morgan fingerprint density at radius 2 is 1.83 bits per heavy atom. The summed E-state index contributed by atoms with van der Waals surface area (Å²) in [5.74, 6) is 0.355. The number of alkyl halides is 2. The molecule has 0 spiro atoms. The molecule has 4 heterocycles. The van der Waals surface area contributed by atoms with Gasteiger partial charge in [-0.3, -0.25) is 0 Å². The number of aliphatic hydroxyl groups is 1. The van der Waals surface area contributed by atoms with E-state index in [1.165, 1.54) is 23.3 Å². The van der Waals surface area contributed by atoms with Gasteiger partial charge in [0.15, 0.2) is 11.6 Å². The molecule has 0 amide bonds. The van der Waals surface area contributed by atoms with Gasteiger partial charge in [-0.2, -0.15) is 13.6 Å². The highest BCUT2D eigenvalue weighted by Crippen LogP contribution is 2.39. The minimum absolute atomic E-state index is 0.00632. The maximum absolute atomic E-state index is 15.4. The number of tetrazole rings is 1. The van der Waals surface area contributed by atoms with Gasteiger partial charge in [0.2, 0.25) is 5.82 Å². The maximum Gasteiger partial charge on any atom is 0.387 e. The molecule has 1 aliphatic rings. The molecule has 0 aliphatic carbocycles. The lowest BCUT2D eigenvalue weighted by Gasteiger charge is -2.23.